The maximum absolute atomic E-state index is 13.4. The number of rotatable bonds is 5. The predicted octanol–water partition coefficient (Wildman–Crippen LogP) is 3.49. The lowest BCUT2D eigenvalue weighted by Gasteiger charge is -2.56. The van der Waals surface area contributed by atoms with Crippen LogP contribution in [0.5, 0.6) is 5.75 Å². The summed E-state index contributed by atoms with van der Waals surface area (Å²) < 4.78 is 24.4. The first-order chi connectivity index (χ1) is 17.5. The van der Waals surface area contributed by atoms with E-state index in [1.165, 1.54) is 17.7 Å². The fourth-order valence-corrected chi connectivity index (χ4v) is 6.43. The van der Waals surface area contributed by atoms with Gasteiger partial charge in [-0.15, -0.1) is 0 Å². The number of nitrogens with zero attached hydrogens (tertiary/aromatic N) is 2. The minimum absolute atomic E-state index is 0.0223. The average molecular weight is 494 g/mol. The monoisotopic (exact) mass is 493 g/mol. The van der Waals surface area contributed by atoms with Crippen molar-refractivity contribution >= 4 is 16.8 Å². The van der Waals surface area contributed by atoms with Crippen LogP contribution in [0.3, 0.4) is 0 Å². The van der Waals surface area contributed by atoms with E-state index < -0.39 is 0 Å². The molecule has 1 spiro atoms. The van der Waals surface area contributed by atoms with Crippen molar-refractivity contribution in [1.29, 1.82) is 0 Å². The topological polar surface area (TPSA) is 78.0 Å². The van der Waals surface area contributed by atoms with E-state index in [0.29, 0.717) is 24.6 Å². The van der Waals surface area contributed by atoms with Gasteiger partial charge < -0.3 is 24.5 Å². The van der Waals surface area contributed by atoms with Crippen LogP contribution in [0.15, 0.2) is 42.5 Å². The molecule has 3 aliphatic rings. The van der Waals surface area contributed by atoms with Gasteiger partial charge in [0, 0.05) is 73.0 Å². The minimum atomic E-state index is -0.350. The number of H-pyrrole nitrogens is 1. The van der Waals surface area contributed by atoms with Crippen LogP contribution >= 0.6 is 0 Å². The van der Waals surface area contributed by atoms with Gasteiger partial charge in [-0.25, -0.2) is 4.39 Å². The van der Waals surface area contributed by atoms with Gasteiger partial charge in [-0.1, -0.05) is 0 Å². The smallest absolute Gasteiger partial charge is 0.253 e. The molecule has 1 amide bonds. The lowest BCUT2D eigenvalue weighted by Crippen LogP contribution is -2.67. The second-order valence-corrected chi connectivity index (χ2v) is 10.5. The molecule has 3 aromatic rings. The fourth-order valence-electron chi connectivity index (χ4n) is 6.43. The van der Waals surface area contributed by atoms with Crippen LogP contribution in [-0.4, -0.2) is 78.9 Å². The molecule has 2 aromatic carbocycles. The quantitative estimate of drug-likeness (QED) is 0.569. The van der Waals surface area contributed by atoms with Gasteiger partial charge in [0.1, 0.15) is 11.6 Å². The summed E-state index contributed by atoms with van der Waals surface area (Å²) in [6, 6.07) is 11.7. The molecule has 0 saturated carbocycles. The summed E-state index contributed by atoms with van der Waals surface area (Å²) in [5, 5.41) is 11.6. The molecule has 6 rings (SSSR count). The highest BCUT2D eigenvalue weighted by Crippen LogP contribution is 2.49. The molecule has 8 heteroatoms. The number of carbonyl (C=O) groups is 1. The number of hydrogen-bond acceptors (Lipinski definition) is 5. The molecule has 2 N–H and O–H groups in total. The number of aromatic nitrogens is 1. The SMILES string of the molecule is COc1ccc2c3c([nH]c2c1)[C@@H](CO)N(CC1CCOCC1)CC31CN(C(=O)c2ccc(F)cc2)C1. The third-order valence-electron chi connectivity index (χ3n) is 8.22. The summed E-state index contributed by atoms with van der Waals surface area (Å²) in [5.41, 5.74) is 3.47. The molecule has 1 atom stereocenters. The van der Waals surface area contributed by atoms with Crippen LogP contribution in [0.4, 0.5) is 4.39 Å². The molecule has 0 unspecified atom stereocenters. The minimum Gasteiger partial charge on any atom is -0.497 e. The molecule has 0 aliphatic carbocycles. The third kappa shape index (κ3) is 3.88. The number of aliphatic hydroxyl groups is 1. The Bertz CT molecular complexity index is 1260. The van der Waals surface area contributed by atoms with Crippen molar-refractivity contribution < 1.29 is 23.8 Å². The standard InChI is InChI=1S/C28H32FN3O4/c1-35-21-6-7-22-23(12-21)30-26-24(14-33)31(13-18-8-10-36-11-9-18)15-28(25(22)26)16-32(17-28)27(34)19-2-4-20(29)5-3-19/h2-7,12,18,24,30,33H,8-11,13-17H2,1H3/t24-/m1/s1. The van der Waals surface area contributed by atoms with Crippen LogP contribution < -0.4 is 4.74 Å². The summed E-state index contributed by atoms with van der Waals surface area (Å²) in [4.78, 5) is 21.1. The molecule has 0 radical (unpaired) electrons. The number of carbonyl (C=O) groups excluding carboxylic acids is 1. The van der Waals surface area contributed by atoms with E-state index in [4.69, 9.17) is 9.47 Å². The van der Waals surface area contributed by atoms with E-state index in [1.54, 1.807) is 19.2 Å². The molecule has 190 valence electrons. The van der Waals surface area contributed by atoms with Crippen LogP contribution in [0.2, 0.25) is 0 Å². The van der Waals surface area contributed by atoms with Gasteiger partial charge in [-0.05, 0) is 60.7 Å². The Balaban J connectivity index is 1.36. The van der Waals surface area contributed by atoms with Crippen molar-refractivity contribution in [3.05, 3.63) is 65.1 Å². The number of likely N-dealkylation sites (tertiary alicyclic amines) is 1. The Kier molecular flexibility index (Phi) is 5.98. The van der Waals surface area contributed by atoms with E-state index in [1.807, 2.05) is 17.0 Å². The number of aromatic amines is 1. The number of amides is 1. The average Bonchev–Trinajstić information content (AvgIpc) is 3.26. The van der Waals surface area contributed by atoms with Gasteiger partial charge in [0.15, 0.2) is 0 Å². The van der Waals surface area contributed by atoms with E-state index in [9.17, 15) is 14.3 Å². The molecule has 2 fully saturated rings. The Labute approximate surface area is 209 Å². The van der Waals surface area contributed by atoms with Crippen molar-refractivity contribution in [1.82, 2.24) is 14.8 Å². The Hall–Kier alpha value is -2.94. The number of benzene rings is 2. The first-order valence-corrected chi connectivity index (χ1v) is 12.7. The van der Waals surface area contributed by atoms with E-state index in [0.717, 1.165) is 61.5 Å². The van der Waals surface area contributed by atoms with E-state index in [2.05, 4.69) is 16.0 Å². The number of aliphatic hydroxyl groups excluding tert-OH is 1. The molecule has 2 saturated heterocycles. The summed E-state index contributed by atoms with van der Waals surface area (Å²) in [6.45, 7) is 4.41. The highest BCUT2D eigenvalue weighted by Gasteiger charge is 2.54. The maximum Gasteiger partial charge on any atom is 0.253 e. The lowest BCUT2D eigenvalue weighted by molar-refractivity contribution is -0.0153. The molecule has 7 nitrogen and oxygen atoms in total. The number of ether oxygens (including phenoxy) is 2. The first-order valence-electron chi connectivity index (χ1n) is 12.7. The second kappa shape index (κ2) is 9.18. The molecule has 3 aliphatic heterocycles. The van der Waals surface area contributed by atoms with Crippen molar-refractivity contribution in [2.24, 2.45) is 5.92 Å². The predicted molar refractivity (Wildman–Crippen MR) is 134 cm³/mol. The fraction of sp³-hybridized carbons (Fsp3) is 0.464. The van der Waals surface area contributed by atoms with Crippen molar-refractivity contribution in [3.63, 3.8) is 0 Å². The van der Waals surface area contributed by atoms with Crippen molar-refractivity contribution in [2.75, 3.05) is 53.1 Å². The van der Waals surface area contributed by atoms with Crippen LogP contribution in [0, 0.1) is 11.7 Å². The number of hydrogen-bond donors (Lipinski definition) is 2. The van der Waals surface area contributed by atoms with Crippen LogP contribution in [-0.2, 0) is 10.2 Å². The summed E-state index contributed by atoms with van der Waals surface area (Å²) in [7, 11) is 1.66. The zero-order valence-corrected chi connectivity index (χ0v) is 20.5. The third-order valence-corrected chi connectivity index (χ3v) is 8.22. The zero-order valence-electron chi connectivity index (χ0n) is 20.5. The molecule has 1 aromatic heterocycles. The first kappa shape index (κ1) is 23.5. The number of methoxy groups -OCH3 is 1. The molecule has 4 heterocycles. The van der Waals surface area contributed by atoms with Crippen molar-refractivity contribution in [2.45, 2.75) is 24.3 Å². The normalized spacial score (nSPS) is 22.0. The molecular weight excluding hydrogens is 461 g/mol. The van der Waals surface area contributed by atoms with Gasteiger partial charge in [-0.3, -0.25) is 9.69 Å². The number of halogens is 1. The zero-order chi connectivity index (χ0) is 24.9. The molecule has 36 heavy (non-hydrogen) atoms. The molecule has 0 bridgehead atoms. The van der Waals surface area contributed by atoms with Gasteiger partial charge in [0.05, 0.1) is 19.8 Å². The lowest BCUT2D eigenvalue weighted by atomic mass is 9.68. The largest absolute Gasteiger partial charge is 0.497 e. The van der Waals surface area contributed by atoms with E-state index in [-0.39, 0.29) is 29.8 Å². The number of fused-ring (bicyclic) bond motifs is 4. The Morgan fingerprint density at radius 3 is 2.61 bits per heavy atom. The number of nitrogens with one attached hydrogen (secondary N) is 1. The van der Waals surface area contributed by atoms with Crippen molar-refractivity contribution in [3.8, 4) is 5.75 Å². The summed E-state index contributed by atoms with van der Waals surface area (Å²) in [5.74, 6) is 0.866. The van der Waals surface area contributed by atoms with Gasteiger partial charge in [-0.2, -0.15) is 0 Å². The Morgan fingerprint density at radius 2 is 1.92 bits per heavy atom. The molecular formula is C28H32FN3O4. The van der Waals surface area contributed by atoms with Crippen LogP contribution in [0.25, 0.3) is 10.9 Å². The van der Waals surface area contributed by atoms with Gasteiger partial charge in [0.2, 0.25) is 0 Å². The second-order valence-electron chi connectivity index (χ2n) is 10.5. The van der Waals surface area contributed by atoms with Gasteiger partial charge in [0.25, 0.3) is 5.91 Å². The highest BCUT2D eigenvalue weighted by molar-refractivity contribution is 5.96. The van der Waals surface area contributed by atoms with E-state index >= 15 is 0 Å². The summed E-state index contributed by atoms with van der Waals surface area (Å²) >= 11 is 0. The Morgan fingerprint density at radius 1 is 1.17 bits per heavy atom. The highest BCUT2D eigenvalue weighted by atomic mass is 19.1. The maximum atomic E-state index is 13.4. The summed E-state index contributed by atoms with van der Waals surface area (Å²) in [6.07, 6.45) is 2.04. The van der Waals surface area contributed by atoms with Crippen LogP contribution in [0.1, 0.15) is 40.5 Å². The van der Waals surface area contributed by atoms with Gasteiger partial charge >= 0.3 is 0 Å².